The maximum Gasteiger partial charge on any atom is 0.258 e. The molecule has 19 heavy (non-hydrogen) atoms. The predicted molar refractivity (Wildman–Crippen MR) is 75.9 cm³/mol. The minimum Gasteiger partial charge on any atom is -0.482 e. The van der Waals surface area contributed by atoms with Gasteiger partial charge in [-0.1, -0.05) is 23.2 Å². The first-order chi connectivity index (χ1) is 9.15. The maximum atomic E-state index is 11.6. The van der Waals surface area contributed by atoms with Gasteiger partial charge in [-0.2, -0.15) is 0 Å². The summed E-state index contributed by atoms with van der Waals surface area (Å²) in [6.07, 6.45) is 1.69. The van der Waals surface area contributed by atoms with Crippen molar-refractivity contribution in [2.75, 3.05) is 6.61 Å². The van der Waals surface area contributed by atoms with Gasteiger partial charge in [0.15, 0.2) is 6.61 Å². The van der Waals surface area contributed by atoms with Crippen LogP contribution < -0.4 is 10.1 Å². The Kier molecular flexibility index (Phi) is 5.01. The van der Waals surface area contributed by atoms with E-state index in [1.807, 2.05) is 5.38 Å². The largest absolute Gasteiger partial charge is 0.482 e. The highest BCUT2D eigenvalue weighted by Crippen LogP contribution is 2.27. The molecule has 0 spiro atoms. The second kappa shape index (κ2) is 6.75. The molecule has 1 N–H and O–H groups in total. The number of ether oxygens (including phenoxy) is 1. The summed E-state index contributed by atoms with van der Waals surface area (Å²) >= 11 is 13.2. The fourth-order valence-electron chi connectivity index (χ4n) is 1.30. The summed E-state index contributed by atoms with van der Waals surface area (Å²) in [5, 5.41) is 6.29. The highest BCUT2D eigenvalue weighted by molar-refractivity contribution is 7.09. The van der Waals surface area contributed by atoms with Gasteiger partial charge in [-0.3, -0.25) is 4.79 Å². The van der Waals surface area contributed by atoms with Crippen molar-refractivity contribution in [1.82, 2.24) is 10.3 Å². The minimum atomic E-state index is -0.235. The number of carbonyl (C=O) groups excluding carboxylic acids is 1. The lowest BCUT2D eigenvalue weighted by Gasteiger charge is -2.08. The molecule has 0 radical (unpaired) electrons. The number of nitrogens with zero attached hydrogens (tertiary/aromatic N) is 1. The van der Waals surface area contributed by atoms with Crippen LogP contribution in [0.3, 0.4) is 0 Å². The van der Waals surface area contributed by atoms with Crippen LogP contribution in [-0.2, 0) is 11.3 Å². The molecule has 1 heterocycles. The van der Waals surface area contributed by atoms with Crippen molar-refractivity contribution in [3.05, 3.63) is 44.8 Å². The van der Waals surface area contributed by atoms with Crippen LogP contribution in [0, 0.1) is 0 Å². The molecule has 0 aliphatic heterocycles. The smallest absolute Gasteiger partial charge is 0.258 e. The summed E-state index contributed by atoms with van der Waals surface area (Å²) in [4.78, 5) is 15.6. The number of halogens is 2. The van der Waals surface area contributed by atoms with Crippen molar-refractivity contribution in [3.8, 4) is 5.75 Å². The first kappa shape index (κ1) is 14.1. The molecule has 2 aromatic rings. The van der Waals surface area contributed by atoms with Gasteiger partial charge in [0.1, 0.15) is 10.8 Å². The third-order valence-electron chi connectivity index (χ3n) is 2.17. The molecule has 0 atom stereocenters. The third kappa shape index (κ3) is 4.38. The average molecular weight is 317 g/mol. The quantitative estimate of drug-likeness (QED) is 0.922. The average Bonchev–Trinajstić information content (AvgIpc) is 2.88. The molecule has 0 aliphatic rings. The van der Waals surface area contributed by atoms with Crippen LogP contribution in [0.2, 0.25) is 10.0 Å². The lowest BCUT2D eigenvalue weighted by atomic mass is 10.3. The normalized spacial score (nSPS) is 10.2. The number of nitrogens with one attached hydrogen (secondary N) is 1. The van der Waals surface area contributed by atoms with E-state index in [1.54, 1.807) is 24.4 Å². The summed E-state index contributed by atoms with van der Waals surface area (Å²) in [6, 6.07) is 4.83. The van der Waals surface area contributed by atoms with Crippen LogP contribution in [0.4, 0.5) is 0 Å². The molecule has 4 nitrogen and oxygen atoms in total. The molecule has 1 aromatic heterocycles. The number of amides is 1. The lowest BCUT2D eigenvalue weighted by Crippen LogP contribution is -2.28. The number of aromatic nitrogens is 1. The second-order valence-corrected chi connectivity index (χ2v) is 5.39. The lowest BCUT2D eigenvalue weighted by molar-refractivity contribution is -0.123. The Bertz CT molecular complexity index is 561. The van der Waals surface area contributed by atoms with Gasteiger partial charge in [-0.15, -0.1) is 11.3 Å². The van der Waals surface area contributed by atoms with Crippen LogP contribution >= 0.6 is 34.5 Å². The van der Waals surface area contributed by atoms with E-state index in [9.17, 15) is 4.79 Å². The standard InChI is InChI=1S/C12H10Cl2N2O2S/c13-8-1-2-10(9(14)5-8)18-7-11(17)16-6-12-15-3-4-19-12/h1-5H,6-7H2,(H,16,17). The molecular weight excluding hydrogens is 307 g/mol. The first-order valence-corrected chi connectivity index (χ1v) is 7.01. The van der Waals surface area contributed by atoms with Gasteiger partial charge in [0.05, 0.1) is 11.6 Å². The van der Waals surface area contributed by atoms with Crippen molar-refractivity contribution in [3.63, 3.8) is 0 Å². The highest BCUT2D eigenvalue weighted by Gasteiger charge is 2.06. The number of thiazole rings is 1. The van der Waals surface area contributed by atoms with E-state index >= 15 is 0 Å². The van der Waals surface area contributed by atoms with E-state index in [4.69, 9.17) is 27.9 Å². The van der Waals surface area contributed by atoms with Crippen molar-refractivity contribution >= 4 is 40.4 Å². The molecule has 0 saturated heterocycles. The Hall–Kier alpha value is -1.30. The van der Waals surface area contributed by atoms with Crippen LogP contribution in [0.15, 0.2) is 29.8 Å². The summed E-state index contributed by atoms with van der Waals surface area (Å²) in [6.45, 7) is 0.293. The van der Waals surface area contributed by atoms with Gasteiger partial charge < -0.3 is 10.1 Å². The molecule has 1 amide bonds. The molecule has 100 valence electrons. The van der Waals surface area contributed by atoms with Crippen LogP contribution in [0.5, 0.6) is 5.75 Å². The topological polar surface area (TPSA) is 51.2 Å². The van der Waals surface area contributed by atoms with Gasteiger partial charge in [0, 0.05) is 16.6 Å². The Labute approximate surface area is 124 Å². The van der Waals surface area contributed by atoms with Crippen molar-refractivity contribution in [1.29, 1.82) is 0 Å². The van der Waals surface area contributed by atoms with Gasteiger partial charge >= 0.3 is 0 Å². The van der Waals surface area contributed by atoms with Crippen LogP contribution in [-0.4, -0.2) is 17.5 Å². The minimum absolute atomic E-state index is 0.104. The highest BCUT2D eigenvalue weighted by atomic mass is 35.5. The number of carbonyl (C=O) groups is 1. The number of rotatable bonds is 5. The summed E-state index contributed by atoms with van der Waals surface area (Å²) in [5.74, 6) is 0.191. The Morgan fingerprint density at radius 3 is 2.95 bits per heavy atom. The Morgan fingerprint density at radius 1 is 1.42 bits per heavy atom. The van der Waals surface area contributed by atoms with Gasteiger partial charge in [-0.25, -0.2) is 4.98 Å². The molecule has 7 heteroatoms. The Morgan fingerprint density at radius 2 is 2.26 bits per heavy atom. The van der Waals surface area contributed by atoms with E-state index in [2.05, 4.69) is 10.3 Å². The third-order valence-corrected chi connectivity index (χ3v) is 3.48. The van der Waals surface area contributed by atoms with Crippen LogP contribution in [0.1, 0.15) is 5.01 Å². The zero-order valence-corrected chi connectivity index (χ0v) is 12.1. The molecule has 0 saturated carbocycles. The first-order valence-electron chi connectivity index (χ1n) is 5.38. The molecule has 0 fully saturated rings. The SMILES string of the molecule is O=C(COc1ccc(Cl)cc1Cl)NCc1nccs1. The van der Waals surface area contributed by atoms with Crippen molar-refractivity contribution in [2.24, 2.45) is 0 Å². The second-order valence-electron chi connectivity index (χ2n) is 3.57. The summed E-state index contributed by atoms with van der Waals surface area (Å²) in [7, 11) is 0. The van der Waals surface area contributed by atoms with Crippen LogP contribution in [0.25, 0.3) is 0 Å². The van der Waals surface area contributed by atoms with Crippen molar-refractivity contribution < 1.29 is 9.53 Å². The predicted octanol–water partition coefficient (Wildman–Crippen LogP) is 3.15. The zero-order valence-electron chi connectivity index (χ0n) is 9.73. The van der Waals surface area contributed by atoms with E-state index in [0.717, 1.165) is 5.01 Å². The number of hydrogen-bond acceptors (Lipinski definition) is 4. The fourth-order valence-corrected chi connectivity index (χ4v) is 2.32. The van der Waals surface area contributed by atoms with Gasteiger partial charge in [-0.05, 0) is 18.2 Å². The number of benzene rings is 1. The Balaban J connectivity index is 1.80. The molecule has 0 unspecified atom stereocenters. The van der Waals surface area contributed by atoms with E-state index in [1.165, 1.54) is 11.3 Å². The molecule has 2 rings (SSSR count). The summed E-state index contributed by atoms with van der Waals surface area (Å²) in [5.41, 5.74) is 0. The van der Waals surface area contributed by atoms with Gasteiger partial charge in [0.2, 0.25) is 0 Å². The van der Waals surface area contributed by atoms with Gasteiger partial charge in [0.25, 0.3) is 5.91 Å². The van der Waals surface area contributed by atoms with E-state index in [0.29, 0.717) is 22.3 Å². The van der Waals surface area contributed by atoms with E-state index in [-0.39, 0.29) is 12.5 Å². The monoisotopic (exact) mass is 316 g/mol. The molecule has 0 aliphatic carbocycles. The van der Waals surface area contributed by atoms with E-state index < -0.39 is 0 Å². The molecular formula is C12H10Cl2N2O2S. The molecule has 1 aromatic carbocycles. The zero-order chi connectivity index (χ0) is 13.7. The number of hydrogen-bond donors (Lipinski definition) is 1. The van der Waals surface area contributed by atoms with Crippen molar-refractivity contribution in [2.45, 2.75) is 6.54 Å². The fraction of sp³-hybridized carbons (Fsp3) is 0.167. The summed E-state index contributed by atoms with van der Waals surface area (Å²) < 4.78 is 5.30. The molecule has 0 bridgehead atoms. The maximum absolute atomic E-state index is 11.6.